The van der Waals surface area contributed by atoms with Crippen LogP contribution in [0.1, 0.15) is 16.8 Å². The standard InChI is InChI=1S/C14H16N4S/c1-9-4-3-5-10(6-9)16-13-11-7-15-8-12(11)17-14(18-13)19-2/h3-6,15H,7-8H2,1-2H3,(H,16,17,18). The molecule has 4 nitrogen and oxygen atoms in total. The molecular formula is C14H16N4S. The van der Waals surface area contributed by atoms with E-state index in [2.05, 4.69) is 45.7 Å². The summed E-state index contributed by atoms with van der Waals surface area (Å²) in [5.41, 5.74) is 4.59. The van der Waals surface area contributed by atoms with Crippen LogP contribution in [0.25, 0.3) is 0 Å². The van der Waals surface area contributed by atoms with Crippen LogP contribution in [0.2, 0.25) is 0 Å². The van der Waals surface area contributed by atoms with E-state index in [1.807, 2.05) is 12.3 Å². The molecule has 5 heteroatoms. The molecule has 98 valence electrons. The van der Waals surface area contributed by atoms with Crippen LogP contribution in [-0.4, -0.2) is 16.2 Å². The fourth-order valence-electron chi connectivity index (χ4n) is 2.20. The number of rotatable bonds is 3. The Morgan fingerprint density at radius 2 is 2.16 bits per heavy atom. The minimum Gasteiger partial charge on any atom is -0.340 e. The highest BCUT2D eigenvalue weighted by Gasteiger charge is 2.18. The van der Waals surface area contributed by atoms with Gasteiger partial charge < -0.3 is 10.6 Å². The van der Waals surface area contributed by atoms with Gasteiger partial charge in [-0.1, -0.05) is 23.9 Å². The van der Waals surface area contributed by atoms with Crippen LogP contribution in [0.3, 0.4) is 0 Å². The molecule has 1 aliphatic rings. The van der Waals surface area contributed by atoms with E-state index in [1.165, 1.54) is 11.1 Å². The van der Waals surface area contributed by atoms with E-state index in [0.717, 1.165) is 35.4 Å². The van der Waals surface area contributed by atoms with Crippen molar-refractivity contribution in [1.29, 1.82) is 0 Å². The van der Waals surface area contributed by atoms with Gasteiger partial charge >= 0.3 is 0 Å². The molecule has 2 N–H and O–H groups in total. The third-order valence-electron chi connectivity index (χ3n) is 3.13. The quantitative estimate of drug-likeness (QED) is 0.664. The summed E-state index contributed by atoms with van der Waals surface area (Å²) in [6.07, 6.45) is 2.00. The molecule has 2 aromatic rings. The van der Waals surface area contributed by atoms with Crippen molar-refractivity contribution >= 4 is 23.3 Å². The maximum atomic E-state index is 4.59. The lowest BCUT2D eigenvalue weighted by molar-refractivity contribution is 0.754. The molecule has 3 rings (SSSR count). The topological polar surface area (TPSA) is 49.8 Å². The van der Waals surface area contributed by atoms with Crippen molar-refractivity contribution in [3.63, 3.8) is 0 Å². The number of nitrogens with one attached hydrogen (secondary N) is 2. The highest BCUT2D eigenvalue weighted by atomic mass is 32.2. The molecular weight excluding hydrogens is 256 g/mol. The van der Waals surface area contributed by atoms with Crippen molar-refractivity contribution in [1.82, 2.24) is 15.3 Å². The zero-order chi connectivity index (χ0) is 13.2. The van der Waals surface area contributed by atoms with Crippen LogP contribution in [0.4, 0.5) is 11.5 Å². The Labute approximate surface area is 117 Å². The lowest BCUT2D eigenvalue weighted by atomic mass is 10.2. The number of aryl methyl sites for hydroxylation is 1. The Balaban J connectivity index is 1.98. The van der Waals surface area contributed by atoms with Gasteiger partial charge in [0.2, 0.25) is 0 Å². The molecule has 0 radical (unpaired) electrons. The summed E-state index contributed by atoms with van der Waals surface area (Å²) in [5, 5.41) is 7.56. The van der Waals surface area contributed by atoms with Crippen molar-refractivity contribution in [2.45, 2.75) is 25.2 Å². The summed E-state index contributed by atoms with van der Waals surface area (Å²) in [6, 6.07) is 8.32. The number of nitrogens with zero attached hydrogens (tertiary/aromatic N) is 2. The van der Waals surface area contributed by atoms with E-state index in [4.69, 9.17) is 0 Å². The SMILES string of the molecule is CSc1nc2c(c(Nc3cccc(C)c3)n1)CNC2. The number of anilines is 2. The maximum absolute atomic E-state index is 4.59. The maximum Gasteiger partial charge on any atom is 0.189 e. The number of benzene rings is 1. The van der Waals surface area contributed by atoms with E-state index in [0.29, 0.717) is 0 Å². The third-order valence-corrected chi connectivity index (χ3v) is 3.68. The Kier molecular flexibility index (Phi) is 3.40. The largest absolute Gasteiger partial charge is 0.340 e. The Morgan fingerprint density at radius 3 is 2.95 bits per heavy atom. The van der Waals surface area contributed by atoms with Crippen LogP contribution in [-0.2, 0) is 13.1 Å². The summed E-state index contributed by atoms with van der Waals surface area (Å²) >= 11 is 1.57. The molecule has 1 aromatic heterocycles. The fraction of sp³-hybridized carbons (Fsp3) is 0.286. The predicted molar refractivity (Wildman–Crippen MR) is 78.8 cm³/mol. The number of fused-ring (bicyclic) bond motifs is 1. The summed E-state index contributed by atoms with van der Waals surface area (Å²) < 4.78 is 0. The van der Waals surface area contributed by atoms with Gasteiger partial charge in [-0.15, -0.1) is 0 Å². The number of hydrogen-bond acceptors (Lipinski definition) is 5. The van der Waals surface area contributed by atoms with E-state index in [9.17, 15) is 0 Å². The Morgan fingerprint density at radius 1 is 1.26 bits per heavy atom. The molecule has 0 unspecified atom stereocenters. The van der Waals surface area contributed by atoms with Gasteiger partial charge in [-0.3, -0.25) is 0 Å². The molecule has 1 aliphatic heterocycles. The molecule has 0 spiro atoms. The van der Waals surface area contributed by atoms with Crippen molar-refractivity contribution in [3.05, 3.63) is 41.1 Å². The molecule has 0 saturated heterocycles. The number of hydrogen-bond donors (Lipinski definition) is 2. The molecule has 0 atom stereocenters. The van der Waals surface area contributed by atoms with Gasteiger partial charge in [0.15, 0.2) is 5.16 Å². The van der Waals surface area contributed by atoms with Gasteiger partial charge in [-0.25, -0.2) is 9.97 Å². The van der Waals surface area contributed by atoms with E-state index in [-0.39, 0.29) is 0 Å². The van der Waals surface area contributed by atoms with Gasteiger partial charge in [0.05, 0.1) is 5.69 Å². The van der Waals surface area contributed by atoms with Crippen molar-refractivity contribution < 1.29 is 0 Å². The van der Waals surface area contributed by atoms with Gasteiger partial charge in [0.1, 0.15) is 5.82 Å². The van der Waals surface area contributed by atoms with Crippen LogP contribution in [0, 0.1) is 6.92 Å². The molecule has 0 saturated carbocycles. The molecule has 0 amide bonds. The molecule has 19 heavy (non-hydrogen) atoms. The van der Waals surface area contributed by atoms with E-state index >= 15 is 0 Å². The van der Waals surface area contributed by atoms with Crippen LogP contribution in [0.5, 0.6) is 0 Å². The number of thioether (sulfide) groups is 1. The van der Waals surface area contributed by atoms with Crippen molar-refractivity contribution in [3.8, 4) is 0 Å². The summed E-state index contributed by atoms with van der Waals surface area (Å²) in [7, 11) is 0. The van der Waals surface area contributed by atoms with Crippen molar-refractivity contribution in [2.24, 2.45) is 0 Å². The monoisotopic (exact) mass is 272 g/mol. The normalized spacial score (nSPS) is 13.4. The second kappa shape index (κ2) is 5.19. The first-order valence-electron chi connectivity index (χ1n) is 6.24. The zero-order valence-electron chi connectivity index (χ0n) is 11.0. The van der Waals surface area contributed by atoms with Crippen LogP contribution < -0.4 is 10.6 Å². The first-order chi connectivity index (χ1) is 9.26. The van der Waals surface area contributed by atoms with Gasteiger partial charge in [-0.05, 0) is 30.9 Å². The molecule has 1 aromatic carbocycles. The summed E-state index contributed by atoms with van der Waals surface area (Å²) in [6.45, 7) is 3.75. The van der Waals surface area contributed by atoms with Gasteiger partial charge in [0, 0.05) is 24.3 Å². The molecule has 0 bridgehead atoms. The number of aromatic nitrogens is 2. The zero-order valence-corrected chi connectivity index (χ0v) is 11.8. The first kappa shape index (κ1) is 12.4. The van der Waals surface area contributed by atoms with E-state index in [1.54, 1.807) is 11.8 Å². The minimum absolute atomic E-state index is 0.817. The van der Waals surface area contributed by atoms with E-state index < -0.39 is 0 Å². The smallest absolute Gasteiger partial charge is 0.189 e. The first-order valence-corrected chi connectivity index (χ1v) is 7.47. The predicted octanol–water partition coefficient (Wildman–Crippen LogP) is 2.85. The molecule has 2 heterocycles. The van der Waals surface area contributed by atoms with Crippen LogP contribution in [0.15, 0.2) is 29.4 Å². The van der Waals surface area contributed by atoms with Gasteiger partial charge in [-0.2, -0.15) is 0 Å². The van der Waals surface area contributed by atoms with Gasteiger partial charge in [0.25, 0.3) is 0 Å². The minimum atomic E-state index is 0.817. The highest BCUT2D eigenvalue weighted by Crippen LogP contribution is 2.27. The second-order valence-electron chi connectivity index (χ2n) is 4.58. The average molecular weight is 272 g/mol. The highest BCUT2D eigenvalue weighted by molar-refractivity contribution is 7.98. The molecule has 0 fully saturated rings. The Bertz CT molecular complexity index is 612. The molecule has 0 aliphatic carbocycles. The Hall–Kier alpha value is -1.59. The third kappa shape index (κ3) is 2.57. The lowest BCUT2D eigenvalue weighted by Crippen LogP contribution is -2.03. The summed E-state index contributed by atoms with van der Waals surface area (Å²) in [5.74, 6) is 0.921. The van der Waals surface area contributed by atoms with Crippen molar-refractivity contribution in [2.75, 3.05) is 11.6 Å². The average Bonchev–Trinajstić information content (AvgIpc) is 2.87. The van der Waals surface area contributed by atoms with Crippen LogP contribution >= 0.6 is 11.8 Å². The lowest BCUT2D eigenvalue weighted by Gasteiger charge is -2.11. The fourth-order valence-corrected chi connectivity index (χ4v) is 2.58. The summed E-state index contributed by atoms with van der Waals surface area (Å²) in [4.78, 5) is 9.13. The second-order valence-corrected chi connectivity index (χ2v) is 5.36.